The molecule has 0 amide bonds. The van der Waals surface area contributed by atoms with E-state index in [1.807, 2.05) is 0 Å². The third kappa shape index (κ3) is 1.39. The van der Waals surface area contributed by atoms with Crippen LogP contribution in [0.5, 0.6) is 0 Å². The maximum Gasteiger partial charge on any atom is 0.0215 e. The van der Waals surface area contributed by atoms with Crippen LogP contribution < -0.4 is 5.32 Å². The SMILES string of the molecule is CCC1(C2CCSC2)CCCN1. The fraction of sp³-hybridized carbons (Fsp3) is 1.00. The van der Waals surface area contributed by atoms with Gasteiger partial charge in [0.15, 0.2) is 0 Å². The van der Waals surface area contributed by atoms with Gasteiger partial charge < -0.3 is 5.32 Å². The highest BCUT2D eigenvalue weighted by Crippen LogP contribution is 2.39. The van der Waals surface area contributed by atoms with Crippen LogP contribution in [-0.4, -0.2) is 23.6 Å². The molecular weight excluding hydrogens is 166 g/mol. The second kappa shape index (κ2) is 3.59. The Morgan fingerprint density at radius 2 is 2.50 bits per heavy atom. The van der Waals surface area contributed by atoms with Crippen molar-refractivity contribution in [1.29, 1.82) is 0 Å². The van der Waals surface area contributed by atoms with Crippen LogP contribution in [0.4, 0.5) is 0 Å². The molecule has 0 saturated carbocycles. The molecule has 2 heterocycles. The molecule has 1 N–H and O–H groups in total. The molecule has 0 aromatic carbocycles. The van der Waals surface area contributed by atoms with Crippen LogP contribution in [0.2, 0.25) is 0 Å². The quantitative estimate of drug-likeness (QED) is 0.708. The van der Waals surface area contributed by atoms with Gasteiger partial charge in [-0.15, -0.1) is 0 Å². The summed E-state index contributed by atoms with van der Waals surface area (Å²) in [4.78, 5) is 0. The molecule has 2 heteroatoms. The minimum absolute atomic E-state index is 0.545. The van der Waals surface area contributed by atoms with Gasteiger partial charge in [0.1, 0.15) is 0 Å². The molecule has 0 spiro atoms. The monoisotopic (exact) mass is 185 g/mol. The molecule has 1 nitrogen and oxygen atoms in total. The van der Waals surface area contributed by atoms with Gasteiger partial charge in [0, 0.05) is 5.54 Å². The predicted molar refractivity (Wildman–Crippen MR) is 55.7 cm³/mol. The van der Waals surface area contributed by atoms with Gasteiger partial charge in [-0.1, -0.05) is 6.92 Å². The maximum absolute atomic E-state index is 3.75. The van der Waals surface area contributed by atoms with E-state index in [1.165, 1.54) is 43.7 Å². The molecule has 0 radical (unpaired) electrons. The van der Waals surface area contributed by atoms with Gasteiger partial charge in [-0.3, -0.25) is 0 Å². The van der Waals surface area contributed by atoms with Gasteiger partial charge in [-0.25, -0.2) is 0 Å². The molecule has 70 valence electrons. The molecule has 2 aliphatic heterocycles. The third-order valence-electron chi connectivity index (χ3n) is 3.62. The fourth-order valence-electron chi connectivity index (χ4n) is 2.74. The highest BCUT2D eigenvalue weighted by molar-refractivity contribution is 7.99. The zero-order valence-electron chi connectivity index (χ0n) is 7.94. The summed E-state index contributed by atoms with van der Waals surface area (Å²) in [5.41, 5.74) is 0.545. The zero-order valence-corrected chi connectivity index (χ0v) is 8.75. The first-order chi connectivity index (χ1) is 5.87. The lowest BCUT2D eigenvalue weighted by Crippen LogP contribution is -2.46. The van der Waals surface area contributed by atoms with E-state index in [0.29, 0.717) is 5.54 Å². The first-order valence-corrected chi connectivity index (χ1v) is 6.35. The van der Waals surface area contributed by atoms with Gasteiger partial charge in [-0.05, 0) is 49.7 Å². The predicted octanol–water partition coefficient (Wildman–Crippen LogP) is 2.27. The van der Waals surface area contributed by atoms with Crippen LogP contribution in [-0.2, 0) is 0 Å². The molecule has 12 heavy (non-hydrogen) atoms. The zero-order chi connectivity index (χ0) is 8.44. The van der Waals surface area contributed by atoms with Crippen LogP contribution in [0.25, 0.3) is 0 Å². The number of thioether (sulfide) groups is 1. The van der Waals surface area contributed by atoms with Crippen molar-refractivity contribution in [2.24, 2.45) is 5.92 Å². The van der Waals surface area contributed by atoms with Crippen molar-refractivity contribution >= 4 is 11.8 Å². The molecule has 2 atom stereocenters. The summed E-state index contributed by atoms with van der Waals surface area (Å²) in [6.07, 6.45) is 5.60. The Labute approximate surface area is 79.7 Å². The Bertz CT molecular complexity index is 146. The maximum atomic E-state index is 3.75. The summed E-state index contributed by atoms with van der Waals surface area (Å²) in [6, 6.07) is 0. The Morgan fingerprint density at radius 3 is 3.00 bits per heavy atom. The molecular formula is C10H19NS. The average Bonchev–Trinajstić information content (AvgIpc) is 2.76. The molecule has 0 aliphatic carbocycles. The summed E-state index contributed by atoms with van der Waals surface area (Å²) < 4.78 is 0. The third-order valence-corrected chi connectivity index (χ3v) is 4.78. The topological polar surface area (TPSA) is 12.0 Å². The van der Waals surface area contributed by atoms with E-state index < -0.39 is 0 Å². The second-order valence-electron chi connectivity index (χ2n) is 4.10. The van der Waals surface area contributed by atoms with E-state index in [2.05, 4.69) is 24.0 Å². The van der Waals surface area contributed by atoms with Crippen molar-refractivity contribution in [3.8, 4) is 0 Å². The van der Waals surface area contributed by atoms with Crippen LogP contribution in [0.1, 0.15) is 32.6 Å². The van der Waals surface area contributed by atoms with Crippen LogP contribution in [0.15, 0.2) is 0 Å². The molecule has 2 aliphatic rings. The summed E-state index contributed by atoms with van der Waals surface area (Å²) in [5, 5.41) is 3.75. The first kappa shape index (κ1) is 8.89. The van der Waals surface area contributed by atoms with Crippen molar-refractivity contribution in [2.75, 3.05) is 18.1 Å². The molecule has 0 bridgehead atoms. The van der Waals surface area contributed by atoms with E-state index >= 15 is 0 Å². The van der Waals surface area contributed by atoms with Crippen LogP contribution in [0.3, 0.4) is 0 Å². The summed E-state index contributed by atoms with van der Waals surface area (Å²) >= 11 is 2.14. The number of nitrogens with one attached hydrogen (secondary N) is 1. The molecule has 2 saturated heterocycles. The van der Waals surface area contributed by atoms with Gasteiger partial charge in [0.2, 0.25) is 0 Å². The highest BCUT2D eigenvalue weighted by Gasteiger charge is 2.40. The van der Waals surface area contributed by atoms with Crippen molar-refractivity contribution in [3.63, 3.8) is 0 Å². The largest absolute Gasteiger partial charge is 0.311 e. The van der Waals surface area contributed by atoms with Gasteiger partial charge in [0.25, 0.3) is 0 Å². The fourth-order valence-corrected chi connectivity index (χ4v) is 4.13. The Morgan fingerprint density at radius 1 is 1.58 bits per heavy atom. The summed E-state index contributed by atoms with van der Waals surface area (Å²) in [5.74, 6) is 3.77. The smallest absolute Gasteiger partial charge is 0.0215 e. The van der Waals surface area contributed by atoms with Crippen LogP contribution >= 0.6 is 11.8 Å². The van der Waals surface area contributed by atoms with Gasteiger partial charge >= 0.3 is 0 Å². The van der Waals surface area contributed by atoms with E-state index in [-0.39, 0.29) is 0 Å². The van der Waals surface area contributed by atoms with E-state index in [1.54, 1.807) is 0 Å². The molecule has 2 rings (SSSR count). The molecule has 2 fully saturated rings. The summed E-state index contributed by atoms with van der Waals surface area (Å²) in [6.45, 7) is 3.61. The van der Waals surface area contributed by atoms with E-state index in [4.69, 9.17) is 0 Å². The van der Waals surface area contributed by atoms with Crippen molar-refractivity contribution in [1.82, 2.24) is 5.32 Å². The first-order valence-electron chi connectivity index (χ1n) is 5.20. The normalized spacial score (nSPS) is 42.2. The Kier molecular flexibility index (Phi) is 2.66. The number of hydrogen-bond acceptors (Lipinski definition) is 2. The lowest BCUT2D eigenvalue weighted by molar-refractivity contribution is 0.250. The van der Waals surface area contributed by atoms with Crippen molar-refractivity contribution < 1.29 is 0 Å². The van der Waals surface area contributed by atoms with Gasteiger partial charge in [-0.2, -0.15) is 11.8 Å². The number of hydrogen-bond donors (Lipinski definition) is 1. The molecule has 0 aromatic heterocycles. The molecule has 2 unspecified atom stereocenters. The Hall–Kier alpha value is 0.310. The molecule has 0 aromatic rings. The summed E-state index contributed by atoms with van der Waals surface area (Å²) in [7, 11) is 0. The van der Waals surface area contributed by atoms with E-state index in [0.717, 1.165) is 5.92 Å². The standard InChI is InChI=1S/C10H19NS/c1-2-10(5-3-6-11-10)9-4-7-12-8-9/h9,11H,2-8H2,1H3. The van der Waals surface area contributed by atoms with Gasteiger partial charge in [0.05, 0.1) is 0 Å². The van der Waals surface area contributed by atoms with E-state index in [9.17, 15) is 0 Å². The minimum atomic E-state index is 0.545. The highest BCUT2D eigenvalue weighted by atomic mass is 32.2. The lowest BCUT2D eigenvalue weighted by Gasteiger charge is -2.34. The van der Waals surface area contributed by atoms with Crippen LogP contribution in [0, 0.1) is 5.92 Å². The minimum Gasteiger partial charge on any atom is -0.311 e. The van der Waals surface area contributed by atoms with Crippen molar-refractivity contribution in [3.05, 3.63) is 0 Å². The number of rotatable bonds is 2. The average molecular weight is 185 g/mol. The lowest BCUT2D eigenvalue weighted by atomic mass is 9.80. The van der Waals surface area contributed by atoms with Crippen molar-refractivity contribution in [2.45, 2.75) is 38.1 Å². The Balaban J connectivity index is 2.04. The second-order valence-corrected chi connectivity index (χ2v) is 5.25.